The van der Waals surface area contributed by atoms with Gasteiger partial charge < -0.3 is 15.3 Å². The van der Waals surface area contributed by atoms with E-state index in [0.717, 1.165) is 12.5 Å². The number of hydrogen-bond donors (Lipinski definition) is 2. The van der Waals surface area contributed by atoms with Crippen LogP contribution in [-0.4, -0.2) is 46.3 Å². The van der Waals surface area contributed by atoms with Crippen LogP contribution in [0.1, 0.15) is 46.2 Å². The molecule has 3 heterocycles. The molecule has 0 radical (unpaired) electrons. The molecule has 2 amide bonds. The first-order valence-corrected chi connectivity index (χ1v) is 9.94. The van der Waals surface area contributed by atoms with Crippen LogP contribution in [0.4, 0.5) is 8.78 Å². The van der Waals surface area contributed by atoms with Crippen molar-refractivity contribution in [3.05, 3.63) is 63.1 Å². The molecule has 10 heteroatoms. The molecule has 31 heavy (non-hydrogen) atoms. The number of rotatable bonds is 3. The number of nitrogens with zero attached hydrogens (tertiary/aromatic N) is 3. The number of pyridine rings is 1. The van der Waals surface area contributed by atoms with Crippen molar-refractivity contribution in [1.82, 2.24) is 14.9 Å². The van der Waals surface area contributed by atoms with Crippen LogP contribution < -0.4 is 15.8 Å². The van der Waals surface area contributed by atoms with Crippen molar-refractivity contribution >= 4 is 11.8 Å². The standard InChI is InChI=1S/C21H22F2N4O4/c1-11-5-6-26-16(7-11)25(2)21(31)17-19(29)18(28)14(10-27(17)26)20(30)24-9-12-3-4-13(22)8-15(12)23/h3-4,8,10-11,16,29H,5-7,9H2,1-2H3,(H,24,30)/t11-,16+/m1/s1. The topological polar surface area (TPSA) is 94.9 Å². The van der Waals surface area contributed by atoms with Crippen LogP contribution in [0, 0.1) is 17.6 Å². The number of amides is 2. The zero-order chi connectivity index (χ0) is 22.4. The van der Waals surface area contributed by atoms with E-state index in [4.69, 9.17) is 0 Å². The molecule has 1 fully saturated rings. The molecule has 0 unspecified atom stereocenters. The molecule has 1 aromatic carbocycles. The Morgan fingerprint density at radius 2 is 2.03 bits per heavy atom. The first-order valence-electron chi connectivity index (χ1n) is 9.94. The van der Waals surface area contributed by atoms with Crippen LogP contribution in [0.3, 0.4) is 0 Å². The highest BCUT2D eigenvalue weighted by Gasteiger charge is 2.41. The van der Waals surface area contributed by atoms with E-state index >= 15 is 0 Å². The first-order chi connectivity index (χ1) is 14.7. The minimum absolute atomic E-state index is 0.0407. The van der Waals surface area contributed by atoms with Crippen LogP contribution >= 0.6 is 0 Å². The zero-order valence-electron chi connectivity index (χ0n) is 17.1. The van der Waals surface area contributed by atoms with Crippen molar-refractivity contribution in [2.24, 2.45) is 5.92 Å². The molecule has 0 bridgehead atoms. The van der Waals surface area contributed by atoms with E-state index in [1.807, 2.05) is 5.01 Å². The summed E-state index contributed by atoms with van der Waals surface area (Å²) in [5, 5.41) is 14.7. The molecular formula is C21H22F2N4O4. The summed E-state index contributed by atoms with van der Waals surface area (Å²) in [4.78, 5) is 39.6. The largest absolute Gasteiger partial charge is 0.502 e. The van der Waals surface area contributed by atoms with Gasteiger partial charge >= 0.3 is 0 Å². The molecule has 164 valence electrons. The van der Waals surface area contributed by atoms with E-state index in [0.29, 0.717) is 24.9 Å². The van der Waals surface area contributed by atoms with Gasteiger partial charge in [0.1, 0.15) is 23.4 Å². The van der Waals surface area contributed by atoms with Gasteiger partial charge in [0.25, 0.3) is 11.8 Å². The van der Waals surface area contributed by atoms with E-state index in [9.17, 15) is 28.3 Å². The number of hydrogen-bond acceptors (Lipinski definition) is 5. The molecule has 2 aliphatic heterocycles. The molecular weight excluding hydrogens is 410 g/mol. The molecule has 0 aliphatic carbocycles. The lowest BCUT2D eigenvalue weighted by molar-refractivity contribution is 0.0557. The summed E-state index contributed by atoms with van der Waals surface area (Å²) < 4.78 is 28.3. The van der Waals surface area contributed by atoms with Crippen LogP contribution in [0.2, 0.25) is 0 Å². The van der Waals surface area contributed by atoms with Crippen molar-refractivity contribution in [2.75, 3.05) is 18.6 Å². The van der Waals surface area contributed by atoms with Gasteiger partial charge in [0, 0.05) is 38.0 Å². The van der Waals surface area contributed by atoms with Crippen LogP contribution in [0.5, 0.6) is 5.75 Å². The molecule has 2 N–H and O–H groups in total. The Morgan fingerprint density at radius 1 is 1.29 bits per heavy atom. The zero-order valence-corrected chi connectivity index (χ0v) is 17.1. The maximum absolute atomic E-state index is 13.8. The summed E-state index contributed by atoms with van der Waals surface area (Å²) in [7, 11) is 1.61. The molecule has 2 aliphatic rings. The van der Waals surface area contributed by atoms with E-state index in [1.165, 1.54) is 21.8 Å². The van der Waals surface area contributed by atoms with Gasteiger partial charge in [-0.2, -0.15) is 0 Å². The molecule has 4 rings (SSSR count). The quantitative estimate of drug-likeness (QED) is 0.768. The fourth-order valence-electron chi connectivity index (χ4n) is 4.10. The number of aromatic nitrogens is 1. The molecule has 0 saturated carbocycles. The fourth-order valence-corrected chi connectivity index (χ4v) is 4.10. The lowest BCUT2D eigenvalue weighted by atomic mass is 9.96. The maximum atomic E-state index is 13.8. The van der Waals surface area contributed by atoms with Crippen LogP contribution in [0.15, 0.2) is 29.2 Å². The second kappa shape index (κ2) is 7.68. The van der Waals surface area contributed by atoms with E-state index in [1.54, 1.807) is 7.05 Å². The molecule has 0 spiro atoms. The number of carbonyl (C=O) groups excluding carboxylic acids is 2. The maximum Gasteiger partial charge on any atom is 0.277 e. The smallest absolute Gasteiger partial charge is 0.277 e. The molecule has 1 saturated heterocycles. The lowest BCUT2D eigenvalue weighted by Crippen LogP contribution is -2.62. The summed E-state index contributed by atoms with van der Waals surface area (Å²) in [6.07, 6.45) is 2.52. The number of fused-ring (bicyclic) bond motifs is 3. The highest BCUT2D eigenvalue weighted by atomic mass is 19.1. The molecule has 2 atom stereocenters. The third kappa shape index (κ3) is 3.51. The van der Waals surface area contributed by atoms with Gasteiger partial charge in [-0.25, -0.2) is 8.78 Å². The van der Waals surface area contributed by atoms with E-state index < -0.39 is 34.6 Å². The van der Waals surface area contributed by atoms with Gasteiger partial charge in [0.2, 0.25) is 5.43 Å². The van der Waals surface area contributed by atoms with Gasteiger partial charge in [-0.05, 0) is 24.8 Å². The minimum atomic E-state index is -0.992. The minimum Gasteiger partial charge on any atom is -0.502 e. The third-order valence-corrected chi connectivity index (χ3v) is 5.92. The predicted molar refractivity (Wildman–Crippen MR) is 107 cm³/mol. The second-order valence-electron chi connectivity index (χ2n) is 8.02. The summed E-state index contributed by atoms with van der Waals surface area (Å²) in [5.41, 5.74) is -1.52. The Bertz CT molecular complexity index is 1130. The van der Waals surface area contributed by atoms with Gasteiger partial charge in [0.15, 0.2) is 11.4 Å². The Hall–Kier alpha value is -3.43. The van der Waals surface area contributed by atoms with Crippen LogP contribution in [0.25, 0.3) is 0 Å². The number of nitrogens with one attached hydrogen (secondary N) is 1. The summed E-state index contributed by atoms with van der Waals surface area (Å²) >= 11 is 0. The number of benzene rings is 1. The van der Waals surface area contributed by atoms with E-state index in [2.05, 4.69) is 12.2 Å². The average Bonchev–Trinajstić information content (AvgIpc) is 2.73. The monoisotopic (exact) mass is 432 g/mol. The number of piperidine rings is 1. The Morgan fingerprint density at radius 3 is 2.74 bits per heavy atom. The van der Waals surface area contributed by atoms with Crippen molar-refractivity contribution in [2.45, 2.75) is 32.5 Å². The third-order valence-electron chi connectivity index (χ3n) is 5.92. The number of carbonyl (C=O) groups is 2. The summed E-state index contributed by atoms with van der Waals surface area (Å²) in [6.45, 7) is 2.38. The average molecular weight is 432 g/mol. The van der Waals surface area contributed by atoms with Crippen LogP contribution in [-0.2, 0) is 6.54 Å². The predicted octanol–water partition coefficient (Wildman–Crippen LogP) is 1.54. The van der Waals surface area contributed by atoms with Crippen molar-refractivity contribution < 1.29 is 23.5 Å². The van der Waals surface area contributed by atoms with Crippen molar-refractivity contribution in [1.29, 1.82) is 0 Å². The normalized spacial score (nSPS) is 20.3. The van der Waals surface area contributed by atoms with Gasteiger partial charge in [0.05, 0.1) is 0 Å². The Balaban J connectivity index is 1.68. The molecule has 8 nitrogen and oxygen atoms in total. The fraction of sp³-hybridized carbons (Fsp3) is 0.381. The molecule has 1 aromatic heterocycles. The highest BCUT2D eigenvalue weighted by Crippen LogP contribution is 2.30. The summed E-state index contributed by atoms with van der Waals surface area (Å²) in [5.74, 6) is -3.35. The number of halogens is 2. The first kappa shape index (κ1) is 20.8. The SMILES string of the molecule is C[C@@H]1CCN2[C@@H](C1)N(C)C(=O)c1c(O)c(=O)c(C(=O)NCc3ccc(F)cc3F)cn12. The highest BCUT2D eigenvalue weighted by molar-refractivity contribution is 5.99. The molecule has 2 aromatic rings. The van der Waals surface area contributed by atoms with E-state index in [-0.39, 0.29) is 29.5 Å². The van der Waals surface area contributed by atoms with Gasteiger partial charge in [-0.15, -0.1) is 0 Å². The Labute approximate surface area is 176 Å². The number of aromatic hydroxyl groups is 1. The van der Waals surface area contributed by atoms with Gasteiger partial charge in [-0.1, -0.05) is 13.0 Å². The Kier molecular flexibility index (Phi) is 5.16. The second-order valence-corrected chi connectivity index (χ2v) is 8.02. The lowest BCUT2D eigenvalue weighted by Gasteiger charge is -2.49. The van der Waals surface area contributed by atoms with Crippen molar-refractivity contribution in [3.63, 3.8) is 0 Å². The summed E-state index contributed by atoms with van der Waals surface area (Å²) in [6, 6.07) is 2.95. The van der Waals surface area contributed by atoms with Gasteiger partial charge in [-0.3, -0.25) is 24.1 Å². The van der Waals surface area contributed by atoms with Crippen molar-refractivity contribution in [3.8, 4) is 5.75 Å².